The molecule has 1 atom stereocenters. The van der Waals surface area contributed by atoms with E-state index in [1.807, 2.05) is 6.92 Å². The molecule has 3 nitrogen and oxygen atoms in total. The van der Waals surface area contributed by atoms with Gasteiger partial charge in [-0.05, 0) is 18.0 Å². The van der Waals surface area contributed by atoms with Crippen LogP contribution in [0.4, 0.5) is 13.2 Å². The van der Waals surface area contributed by atoms with Gasteiger partial charge in [0, 0.05) is 4.91 Å². The van der Waals surface area contributed by atoms with Gasteiger partial charge in [-0.3, -0.25) is 0 Å². The fourth-order valence-corrected chi connectivity index (χ4v) is 1.15. The summed E-state index contributed by atoms with van der Waals surface area (Å²) in [6, 6.07) is 4.82. The van der Waals surface area contributed by atoms with Crippen molar-refractivity contribution in [3.05, 3.63) is 51.9 Å². The minimum atomic E-state index is -4.56. The van der Waals surface area contributed by atoms with Crippen molar-refractivity contribution in [2.24, 2.45) is 5.11 Å². The fourth-order valence-electron chi connectivity index (χ4n) is 1.15. The largest absolute Gasteiger partial charge is 0.400 e. The first kappa shape index (κ1) is 13.1. The van der Waals surface area contributed by atoms with Crippen LogP contribution in [0.25, 0.3) is 16.5 Å². The Labute approximate surface area is 96.2 Å². The fraction of sp³-hybridized carbons (Fsp3) is 0.273. The molecule has 0 aromatic heterocycles. The number of halogens is 3. The highest BCUT2D eigenvalue weighted by Crippen LogP contribution is 2.24. The molecule has 0 amide bonds. The molecule has 0 aliphatic carbocycles. The number of alkyl halides is 3. The Morgan fingerprint density at radius 1 is 1.29 bits per heavy atom. The van der Waals surface area contributed by atoms with Gasteiger partial charge in [0.25, 0.3) is 0 Å². The van der Waals surface area contributed by atoms with Crippen LogP contribution in [0, 0.1) is 6.92 Å². The molecule has 1 rings (SSSR count). The van der Waals surface area contributed by atoms with E-state index in [-0.39, 0.29) is 0 Å². The van der Waals surface area contributed by atoms with Crippen molar-refractivity contribution < 1.29 is 13.2 Å². The van der Waals surface area contributed by atoms with Gasteiger partial charge in [0.1, 0.15) is 0 Å². The molecular formula is C11H10F3N3. The normalized spacial score (nSPS) is 13.4. The summed E-state index contributed by atoms with van der Waals surface area (Å²) in [6.07, 6.45) is -2.44. The van der Waals surface area contributed by atoms with E-state index in [2.05, 4.69) is 10.0 Å². The number of rotatable bonds is 3. The summed E-state index contributed by atoms with van der Waals surface area (Å²) in [5.41, 5.74) is 9.70. The molecule has 1 aromatic carbocycles. The van der Waals surface area contributed by atoms with Gasteiger partial charge in [0.2, 0.25) is 0 Å². The maximum Gasteiger partial charge on any atom is 0.400 e. The van der Waals surface area contributed by atoms with Crippen LogP contribution in [-0.4, -0.2) is 12.2 Å². The maximum absolute atomic E-state index is 12.4. The van der Waals surface area contributed by atoms with Gasteiger partial charge in [-0.2, -0.15) is 13.2 Å². The molecule has 0 bridgehead atoms. The average molecular weight is 241 g/mol. The first-order valence-corrected chi connectivity index (χ1v) is 4.79. The Hall–Kier alpha value is -1.94. The standard InChI is InChI=1S/C11H10F3N3/c1-8-2-4-9(5-3-8)6-7-10(16-17-15)11(12,13)14/h2-7,10H,1H3. The SMILES string of the molecule is Cc1ccc(C=CC(N=[N+]=[N-])C(F)(F)F)cc1. The van der Waals surface area contributed by atoms with Crippen molar-refractivity contribution in [3.63, 3.8) is 0 Å². The van der Waals surface area contributed by atoms with Gasteiger partial charge in [0.15, 0.2) is 6.04 Å². The van der Waals surface area contributed by atoms with Crippen LogP contribution in [0.15, 0.2) is 35.5 Å². The number of nitrogens with zero attached hydrogens (tertiary/aromatic N) is 3. The zero-order valence-corrected chi connectivity index (χ0v) is 9.02. The summed E-state index contributed by atoms with van der Waals surface area (Å²) < 4.78 is 37.1. The van der Waals surface area contributed by atoms with E-state index in [1.54, 1.807) is 24.3 Å². The van der Waals surface area contributed by atoms with Crippen LogP contribution >= 0.6 is 0 Å². The van der Waals surface area contributed by atoms with Gasteiger partial charge >= 0.3 is 6.18 Å². The highest BCUT2D eigenvalue weighted by molar-refractivity contribution is 5.50. The van der Waals surface area contributed by atoms with E-state index in [9.17, 15) is 13.2 Å². The first-order chi connectivity index (χ1) is 7.93. The van der Waals surface area contributed by atoms with Gasteiger partial charge in [-0.15, -0.1) is 0 Å². The smallest absolute Gasteiger partial charge is 0.170 e. The maximum atomic E-state index is 12.4. The lowest BCUT2D eigenvalue weighted by Crippen LogP contribution is -2.24. The van der Waals surface area contributed by atoms with Crippen LogP contribution in [0.5, 0.6) is 0 Å². The molecule has 0 saturated heterocycles. The number of azide groups is 1. The molecule has 0 spiro atoms. The highest BCUT2D eigenvalue weighted by atomic mass is 19.4. The van der Waals surface area contributed by atoms with Crippen molar-refractivity contribution in [3.8, 4) is 0 Å². The summed E-state index contributed by atoms with van der Waals surface area (Å²) in [5, 5.41) is 2.70. The van der Waals surface area contributed by atoms with E-state index >= 15 is 0 Å². The molecule has 0 radical (unpaired) electrons. The van der Waals surface area contributed by atoms with E-state index < -0.39 is 12.2 Å². The molecule has 0 saturated carbocycles. The van der Waals surface area contributed by atoms with Crippen LogP contribution in [0.2, 0.25) is 0 Å². The topological polar surface area (TPSA) is 48.8 Å². The molecule has 90 valence electrons. The molecule has 1 unspecified atom stereocenters. The van der Waals surface area contributed by atoms with Crippen molar-refractivity contribution in [1.82, 2.24) is 0 Å². The lowest BCUT2D eigenvalue weighted by atomic mass is 10.1. The van der Waals surface area contributed by atoms with Crippen molar-refractivity contribution in [2.75, 3.05) is 0 Å². The first-order valence-electron chi connectivity index (χ1n) is 4.79. The third-order valence-corrected chi connectivity index (χ3v) is 2.06. The highest BCUT2D eigenvalue weighted by Gasteiger charge is 2.36. The quantitative estimate of drug-likeness (QED) is 0.431. The van der Waals surface area contributed by atoms with Crippen molar-refractivity contribution in [1.29, 1.82) is 0 Å². The number of hydrogen-bond donors (Lipinski definition) is 0. The molecule has 1 aromatic rings. The van der Waals surface area contributed by atoms with Gasteiger partial charge in [-0.1, -0.05) is 47.1 Å². The van der Waals surface area contributed by atoms with E-state index in [0.717, 1.165) is 11.6 Å². The second-order valence-electron chi connectivity index (χ2n) is 3.46. The monoisotopic (exact) mass is 241 g/mol. The summed E-state index contributed by atoms with van der Waals surface area (Å²) in [7, 11) is 0. The molecule has 6 heteroatoms. The predicted octanol–water partition coefficient (Wildman–Crippen LogP) is 4.25. The third kappa shape index (κ3) is 4.20. The van der Waals surface area contributed by atoms with Crippen LogP contribution in [0.3, 0.4) is 0 Å². The van der Waals surface area contributed by atoms with Crippen LogP contribution < -0.4 is 0 Å². The Balaban J connectivity index is 2.87. The molecule has 0 heterocycles. The minimum Gasteiger partial charge on any atom is -0.170 e. The Morgan fingerprint density at radius 3 is 2.35 bits per heavy atom. The molecule has 17 heavy (non-hydrogen) atoms. The van der Waals surface area contributed by atoms with Gasteiger partial charge < -0.3 is 0 Å². The van der Waals surface area contributed by atoms with Gasteiger partial charge in [-0.25, -0.2) is 0 Å². The summed E-state index contributed by atoms with van der Waals surface area (Å²) in [5.74, 6) is 0. The van der Waals surface area contributed by atoms with E-state index in [4.69, 9.17) is 5.53 Å². The van der Waals surface area contributed by atoms with Crippen LogP contribution in [0.1, 0.15) is 11.1 Å². The molecule has 0 aliphatic rings. The second kappa shape index (κ2) is 5.41. The predicted molar refractivity (Wildman–Crippen MR) is 59.2 cm³/mol. The lowest BCUT2D eigenvalue weighted by Gasteiger charge is -2.10. The summed E-state index contributed by atoms with van der Waals surface area (Å²) in [4.78, 5) is 2.18. The Morgan fingerprint density at radius 2 is 1.88 bits per heavy atom. The molecule has 0 fully saturated rings. The lowest BCUT2D eigenvalue weighted by molar-refractivity contribution is -0.136. The Kier molecular flexibility index (Phi) is 4.17. The van der Waals surface area contributed by atoms with E-state index in [0.29, 0.717) is 5.56 Å². The summed E-state index contributed by atoms with van der Waals surface area (Å²) >= 11 is 0. The minimum absolute atomic E-state index is 0.623. The van der Waals surface area contributed by atoms with Crippen molar-refractivity contribution >= 4 is 6.08 Å². The average Bonchev–Trinajstić information content (AvgIpc) is 2.25. The molecule has 0 N–H and O–H groups in total. The summed E-state index contributed by atoms with van der Waals surface area (Å²) in [6.45, 7) is 1.88. The van der Waals surface area contributed by atoms with Crippen molar-refractivity contribution in [2.45, 2.75) is 19.1 Å². The number of benzene rings is 1. The van der Waals surface area contributed by atoms with E-state index in [1.165, 1.54) is 6.08 Å². The number of aryl methyl sites for hydroxylation is 1. The second-order valence-corrected chi connectivity index (χ2v) is 3.46. The van der Waals surface area contributed by atoms with Gasteiger partial charge in [0.05, 0.1) is 0 Å². The zero-order chi connectivity index (χ0) is 12.9. The molecular weight excluding hydrogens is 231 g/mol. The van der Waals surface area contributed by atoms with Crippen LogP contribution in [-0.2, 0) is 0 Å². The third-order valence-electron chi connectivity index (χ3n) is 2.06. The Bertz CT molecular complexity index is 442. The number of hydrogen-bond acceptors (Lipinski definition) is 1. The molecule has 0 aliphatic heterocycles. The zero-order valence-electron chi connectivity index (χ0n) is 9.02.